The number of rotatable bonds is 6. The Bertz CT molecular complexity index is 781. The zero-order valence-electron chi connectivity index (χ0n) is 15.1. The Morgan fingerprint density at radius 1 is 1.16 bits per heavy atom. The van der Waals surface area contributed by atoms with Crippen molar-refractivity contribution in [2.45, 2.75) is 39.8 Å². The Hall–Kier alpha value is -2.47. The van der Waals surface area contributed by atoms with E-state index in [9.17, 15) is 14.0 Å². The molecule has 0 bridgehead atoms. The lowest BCUT2D eigenvalue weighted by Gasteiger charge is -2.19. The number of methoxy groups -OCH3 is 1. The zero-order chi connectivity index (χ0) is 18.7. The van der Waals surface area contributed by atoms with Crippen LogP contribution in [-0.2, 0) is 4.74 Å². The van der Waals surface area contributed by atoms with Crippen molar-refractivity contribution < 1.29 is 18.7 Å². The smallest absolute Gasteiger partial charge is 0.339 e. The van der Waals surface area contributed by atoms with Crippen LogP contribution in [-0.4, -0.2) is 29.9 Å². The quantitative estimate of drug-likeness (QED) is 0.620. The number of esters is 1. The average Bonchev–Trinajstić information content (AvgIpc) is 2.88. The fourth-order valence-corrected chi connectivity index (χ4v) is 2.92. The Balaban J connectivity index is 2.17. The molecule has 1 aromatic carbocycles. The van der Waals surface area contributed by atoms with E-state index < -0.39 is 12.0 Å². The molecule has 0 spiro atoms. The van der Waals surface area contributed by atoms with Crippen LogP contribution in [0.5, 0.6) is 0 Å². The van der Waals surface area contributed by atoms with E-state index >= 15 is 0 Å². The topological polar surface area (TPSA) is 71.2 Å². The van der Waals surface area contributed by atoms with Crippen molar-refractivity contribution in [2.75, 3.05) is 7.11 Å². The third-order valence-corrected chi connectivity index (χ3v) is 4.34. The van der Waals surface area contributed by atoms with Crippen molar-refractivity contribution in [1.29, 1.82) is 0 Å². The van der Waals surface area contributed by atoms with Gasteiger partial charge in [0.1, 0.15) is 5.82 Å². The van der Waals surface area contributed by atoms with Crippen LogP contribution in [0, 0.1) is 19.7 Å². The highest BCUT2D eigenvalue weighted by atomic mass is 19.1. The first-order valence-electron chi connectivity index (χ1n) is 8.09. The van der Waals surface area contributed by atoms with Gasteiger partial charge in [0, 0.05) is 11.7 Å². The van der Waals surface area contributed by atoms with Crippen molar-refractivity contribution in [2.24, 2.45) is 0 Å². The van der Waals surface area contributed by atoms with Crippen LogP contribution < -0.4 is 5.32 Å². The van der Waals surface area contributed by atoms with E-state index in [0.29, 0.717) is 22.5 Å². The minimum Gasteiger partial charge on any atom is -0.465 e. The van der Waals surface area contributed by atoms with Gasteiger partial charge in [-0.15, -0.1) is 0 Å². The lowest BCUT2D eigenvalue weighted by molar-refractivity contribution is 0.0599. The molecule has 2 aromatic rings. The molecule has 2 N–H and O–H groups in total. The summed E-state index contributed by atoms with van der Waals surface area (Å²) in [6.45, 7) is 7.12. The zero-order valence-corrected chi connectivity index (χ0v) is 15.1. The van der Waals surface area contributed by atoms with E-state index in [0.717, 1.165) is 5.56 Å². The van der Waals surface area contributed by atoms with Crippen molar-refractivity contribution in [3.63, 3.8) is 0 Å². The number of carbonyl (C=O) groups excluding carboxylic acids is 2. The fourth-order valence-electron chi connectivity index (χ4n) is 2.92. The number of H-pyrrole nitrogens is 1. The Labute approximate surface area is 146 Å². The molecule has 1 heterocycles. The molecule has 5 nitrogen and oxygen atoms in total. The molecule has 0 aliphatic rings. The Morgan fingerprint density at radius 2 is 1.76 bits per heavy atom. The number of ether oxygens (including phenoxy) is 1. The number of hydrogen-bond donors (Lipinski definition) is 2. The second kappa shape index (κ2) is 7.61. The predicted molar refractivity (Wildman–Crippen MR) is 93.3 cm³/mol. The first kappa shape index (κ1) is 18.9. The van der Waals surface area contributed by atoms with E-state index in [4.69, 9.17) is 4.74 Å². The number of aromatic amines is 1. The summed E-state index contributed by atoms with van der Waals surface area (Å²) in [5.74, 6) is -0.914. The number of aromatic nitrogens is 1. The van der Waals surface area contributed by atoms with Crippen LogP contribution in [0.25, 0.3) is 0 Å². The lowest BCUT2D eigenvalue weighted by atomic mass is 10.0. The van der Waals surface area contributed by atoms with Gasteiger partial charge >= 0.3 is 5.97 Å². The Kier molecular flexibility index (Phi) is 5.74. The molecule has 0 amide bonds. The van der Waals surface area contributed by atoms with Crippen molar-refractivity contribution in [3.05, 3.63) is 58.2 Å². The molecule has 0 aliphatic heterocycles. The van der Waals surface area contributed by atoms with Crippen LogP contribution >= 0.6 is 0 Å². The van der Waals surface area contributed by atoms with Crippen LogP contribution in [0.3, 0.4) is 0 Å². The number of nitrogens with one attached hydrogen (secondary N) is 2. The number of ketones is 1. The molecule has 134 valence electrons. The number of benzene rings is 1. The summed E-state index contributed by atoms with van der Waals surface area (Å²) in [7, 11) is 1.31. The highest BCUT2D eigenvalue weighted by molar-refractivity contribution is 6.03. The second-order valence-corrected chi connectivity index (χ2v) is 6.14. The molecule has 0 saturated carbocycles. The van der Waals surface area contributed by atoms with Gasteiger partial charge in [-0.1, -0.05) is 12.1 Å². The van der Waals surface area contributed by atoms with Gasteiger partial charge in [-0.3, -0.25) is 4.79 Å². The number of aryl methyl sites for hydroxylation is 1. The summed E-state index contributed by atoms with van der Waals surface area (Å²) >= 11 is 0. The van der Waals surface area contributed by atoms with E-state index in [2.05, 4.69) is 10.3 Å². The number of hydrogen-bond acceptors (Lipinski definition) is 4. The molecule has 0 saturated heterocycles. The number of halogens is 1. The SMILES string of the molecule is COC(=O)c1c(C)[nH]c(C(=O)C(C)NC(C)c2ccc(F)cc2)c1C. The van der Waals surface area contributed by atoms with E-state index in [1.807, 2.05) is 6.92 Å². The van der Waals surface area contributed by atoms with Crippen LogP contribution in [0.15, 0.2) is 24.3 Å². The van der Waals surface area contributed by atoms with Gasteiger partial charge in [-0.25, -0.2) is 9.18 Å². The summed E-state index contributed by atoms with van der Waals surface area (Å²) < 4.78 is 17.8. The number of carbonyl (C=O) groups is 2. The minimum atomic E-state index is -0.484. The molecule has 25 heavy (non-hydrogen) atoms. The average molecular weight is 346 g/mol. The third-order valence-electron chi connectivity index (χ3n) is 4.34. The second-order valence-electron chi connectivity index (χ2n) is 6.14. The van der Waals surface area contributed by atoms with E-state index in [-0.39, 0.29) is 17.6 Å². The first-order valence-corrected chi connectivity index (χ1v) is 8.09. The van der Waals surface area contributed by atoms with Gasteiger partial charge < -0.3 is 15.0 Å². The van der Waals surface area contributed by atoms with Crippen molar-refractivity contribution in [1.82, 2.24) is 10.3 Å². The summed E-state index contributed by atoms with van der Waals surface area (Å²) in [4.78, 5) is 27.6. The molecule has 0 aliphatic carbocycles. The molecule has 0 fully saturated rings. The maximum absolute atomic E-state index is 13.0. The van der Waals surface area contributed by atoms with Gasteiger partial charge in [-0.2, -0.15) is 0 Å². The molecular formula is C19H23FN2O3. The monoisotopic (exact) mass is 346 g/mol. The van der Waals surface area contributed by atoms with Crippen molar-refractivity contribution in [3.8, 4) is 0 Å². The lowest BCUT2D eigenvalue weighted by Crippen LogP contribution is -2.36. The minimum absolute atomic E-state index is 0.129. The maximum Gasteiger partial charge on any atom is 0.339 e. The molecule has 2 rings (SSSR count). The normalized spacial score (nSPS) is 13.4. The molecule has 1 aromatic heterocycles. The van der Waals surface area contributed by atoms with Gasteiger partial charge in [0.05, 0.1) is 24.4 Å². The fraction of sp³-hybridized carbons (Fsp3) is 0.368. The predicted octanol–water partition coefficient (Wildman–Crippen LogP) is 3.48. The Morgan fingerprint density at radius 3 is 2.32 bits per heavy atom. The van der Waals surface area contributed by atoms with Crippen LogP contribution in [0.4, 0.5) is 4.39 Å². The van der Waals surface area contributed by atoms with Gasteiger partial charge in [0.2, 0.25) is 0 Å². The standard InChI is InChI=1S/C19H23FN2O3/c1-10-16(19(24)25-5)12(3)22-17(10)18(23)13(4)21-11(2)14-6-8-15(20)9-7-14/h6-9,11,13,21-22H,1-5H3. The largest absolute Gasteiger partial charge is 0.465 e. The summed E-state index contributed by atoms with van der Waals surface area (Å²) in [5.41, 5.74) is 2.86. The molecular weight excluding hydrogens is 323 g/mol. The molecule has 2 unspecified atom stereocenters. The van der Waals surface area contributed by atoms with Crippen molar-refractivity contribution >= 4 is 11.8 Å². The highest BCUT2D eigenvalue weighted by Gasteiger charge is 2.26. The van der Waals surface area contributed by atoms with E-state index in [1.165, 1.54) is 19.2 Å². The molecule has 2 atom stereocenters. The molecule has 0 radical (unpaired) electrons. The summed E-state index contributed by atoms with van der Waals surface area (Å²) in [5, 5.41) is 3.20. The van der Waals surface area contributed by atoms with Gasteiger partial charge in [0.15, 0.2) is 5.78 Å². The summed E-state index contributed by atoms with van der Waals surface area (Å²) in [6, 6.07) is 5.54. The van der Waals surface area contributed by atoms with E-state index in [1.54, 1.807) is 32.9 Å². The van der Waals surface area contributed by atoms with Gasteiger partial charge in [-0.05, 0) is 51.0 Å². The third kappa shape index (κ3) is 3.96. The number of Topliss-reactive ketones (excluding diaryl/α,β-unsaturated/α-hetero) is 1. The molecule has 6 heteroatoms. The van der Waals surface area contributed by atoms with Crippen LogP contribution in [0.1, 0.15) is 57.6 Å². The maximum atomic E-state index is 13.0. The first-order chi connectivity index (χ1) is 11.8. The van der Waals surface area contributed by atoms with Gasteiger partial charge in [0.25, 0.3) is 0 Å². The van der Waals surface area contributed by atoms with Crippen LogP contribution in [0.2, 0.25) is 0 Å². The summed E-state index contributed by atoms with van der Waals surface area (Å²) in [6.07, 6.45) is 0. The highest BCUT2D eigenvalue weighted by Crippen LogP contribution is 2.21.